The van der Waals surface area contributed by atoms with Crippen molar-refractivity contribution < 1.29 is 19.4 Å². The number of carboxylic acids is 1. The van der Waals surface area contributed by atoms with Gasteiger partial charge in [0, 0.05) is 18.9 Å². The predicted molar refractivity (Wildman–Crippen MR) is 76.3 cm³/mol. The van der Waals surface area contributed by atoms with Crippen LogP contribution in [-0.4, -0.2) is 29.1 Å². The zero-order chi connectivity index (χ0) is 15.2. The molecule has 0 fully saturated rings. The van der Waals surface area contributed by atoms with Gasteiger partial charge >= 0.3 is 5.97 Å². The smallest absolute Gasteiger partial charge is 0.337 e. The summed E-state index contributed by atoms with van der Waals surface area (Å²) in [7, 11) is 1.56. The number of hydrogen-bond donors (Lipinski definition) is 2. The number of benzene rings is 1. The fourth-order valence-corrected chi connectivity index (χ4v) is 1.80. The fourth-order valence-electron chi connectivity index (χ4n) is 1.80. The zero-order valence-electron chi connectivity index (χ0n) is 11.4. The number of carbonyl (C=O) groups excluding carboxylic acids is 1. The highest BCUT2D eigenvalue weighted by Crippen LogP contribution is 2.13. The first-order valence-electron chi connectivity index (χ1n) is 6.19. The van der Waals surface area contributed by atoms with Crippen molar-refractivity contribution in [2.45, 2.75) is 6.61 Å². The summed E-state index contributed by atoms with van der Waals surface area (Å²) in [5.41, 5.74) is 1.32. The van der Waals surface area contributed by atoms with E-state index in [1.54, 1.807) is 25.3 Å². The number of ether oxygens (including phenoxy) is 1. The van der Waals surface area contributed by atoms with Crippen LogP contribution in [0.3, 0.4) is 0 Å². The highest BCUT2D eigenvalue weighted by Gasteiger charge is 2.12. The van der Waals surface area contributed by atoms with E-state index in [9.17, 15) is 9.59 Å². The molecule has 1 aromatic heterocycles. The minimum absolute atomic E-state index is 0.0628. The Balaban J connectivity index is 2.16. The third-order valence-corrected chi connectivity index (χ3v) is 2.81. The monoisotopic (exact) mass is 286 g/mol. The molecule has 0 unspecified atom stereocenters. The Morgan fingerprint density at radius 3 is 2.62 bits per heavy atom. The Labute approximate surface area is 121 Å². The average molecular weight is 286 g/mol. The molecule has 2 aromatic rings. The standard InChI is InChI=1S/C15H14N2O4/c1-21-9-11-4-2-3-5-12(11)14(18)17-13-7-6-10(8-16-13)15(19)20/h2-8H,9H2,1H3,(H,19,20)(H,16,17,18). The van der Waals surface area contributed by atoms with Gasteiger partial charge in [0.15, 0.2) is 0 Å². The molecule has 1 amide bonds. The van der Waals surface area contributed by atoms with Crippen LogP contribution in [0.1, 0.15) is 26.3 Å². The van der Waals surface area contributed by atoms with Crippen LogP contribution in [0, 0.1) is 0 Å². The number of amides is 1. The van der Waals surface area contributed by atoms with Crippen LogP contribution >= 0.6 is 0 Å². The minimum atomic E-state index is -1.06. The van der Waals surface area contributed by atoms with E-state index < -0.39 is 5.97 Å². The molecule has 0 saturated carbocycles. The number of rotatable bonds is 5. The quantitative estimate of drug-likeness (QED) is 0.879. The van der Waals surface area contributed by atoms with Gasteiger partial charge in [-0.05, 0) is 23.8 Å². The van der Waals surface area contributed by atoms with Gasteiger partial charge < -0.3 is 15.2 Å². The average Bonchev–Trinajstić information content (AvgIpc) is 2.48. The van der Waals surface area contributed by atoms with Crippen molar-refractivity contribution >= 4 is 17.7 Å². The summed E-state index contributed by atoms with van der Waals surface area (Å²) in [5.74, 6) is -1.10. The second-order valence-electron chi connectivity index (χ2n) is 4.28. The highest BCUT2D eigenvalue weighted by molar-refractivity contribution is 6.04. The van der Waals surface area contributed by atoms with Crippen LogP contribution in [0.4, 0.5) is 5.82 Å². The normalized spacial score (nSPS) is 10.1. The first-order chi connectivity index (χ1) is 10.1. The fraction of sp³-hybridized carbons (Fsp3) is 0.133. The molecule has 0 bridgehead atoms. The Kier molecular flexibility index (Phi) is 4.63. The van der Waals surface area contributed by atoms with E-state index in [0.29, 0.717) is 12.2 Å². The number of pyridine rings is 1. The molecule has 2 N–H and O–H groups in total. The lowest BCUT2D eigenvalue weighted by Gasteiger charge is -2.09. The van der Waals surface area contributed by atoms with E-state index in [2.05, 4.69) is 10.3 Å². The molecule has 1 heterocycles. The Hall–Kier alpha value is -2.73. The molecule has 6 heteroatoms. The lowest BCUT2D eigenvalue weighted by atomic mass is 10.1. The highest BCUT2D eigenvalue weighted by atomic mass is 16.5. The lowest BCUT2D eigenvalue weighted by molar-refractivity contribution is 0.0696. The van der Waals surface area contributed by atoms with Crippen LogP contribution in [0.15, 0.2) is 42.6 Å². The van der Waals surface area contributed by atoms with Crippen LogP contribution in [0.5, 0.6) is 0 Å². The van der Waals surface area contributed by atoms with Gasteiger partial charge in [0.2, 0.25) is 0 Å². The van der Waals surface area contributed by atoms with Gasteiger partial charge in [-0.1, -0.05) is 18.2 Å². The maximum Gasteiger partial charge on any atom is 0.337 e. The summed E-state index contributed by atoms with van der Waals surface area (Å²) in [6, 6.07) is 9.90. The van der Waals surface area contributed by atoms with Crippen molar-refractivity contribution in [3.8, 4) is 0 Å². The van der Waals surface area contributed by atoms with Crippen molar-refractivity contribution in [1.82, 2.24) is 4.98 Å². The summed E-state index contributed by atoms with van der Waals surface area (Å²) in [6.45, 7) is 0.328. The number of carboxylic acid groups (broad SMARTS) is 1. The molecule has 2 rings (SSSR count). The van der Waals surface area contributed by atoms with E-state index in [1.807, 2.05) is 6.07 Å². The third kappa shape index (κ3) is 3.64. The summed E-state index contributed by atoms with van der Waals surface area (Å²) >= 11 is 0. The number of carbonyl (C=O) groups is 2. The topological polar surface area (TPSA) is 88.5 Å². The summed E-state index contributed by atoms with van der Waals surface area (Å²) in [5, 5.41) is 11.4. The number of hydrogen-bond acceptors (Lipinski definition) is 4. The molecular weight excluding hydrogens is 272 g/mol. The maximum atomic E-state index is 12.2. The van der Waals surface area contributed by atoms with Gasteiger partial charge in [-0.25, -0.2) is 9.78 Å². The molecule has 21 heavy (non-hydrogen) atoms. The lowest BCUT2D eigenvalue weighted by Crippen LogP contribution is -2.15. The summed E-state index contributed by atoms with van der Waals surface area (Å²) in [6.07, 6.45) is 1.19. The number of nitrogens with one attached hydrogen (secondary N) is 1. The molecule has 0 spiro atoms. The molecule has 0 radical (unpaired) electrons. The van der Waals surface area contributed by atoms with Crippen molar-refractivity contribution in [2.75, 3.05) is 12.4 Å². The molecule has 6 nitrogen and oxygen atoms in total. The van der Waals surface area contributed by atoms with Crippen molar-refractivity contribution in [3.05, 3.63) is 59.3 Å². The van der Waals surface area contributed by atoms with Crippen LogP contribution in [0.2, 0.25) is 0 Å². The Bertz CT molecular complexity index is 653. The van der Waals surface area contributed by atoms with Gasteiger partial charge in [-0.2, -0.15) is 0 Å². The third-order valence-electron chi connectivity index (χ3n) is 2.81. The van der Waals surface area contributed by atoms with E-state index in [-0.39, 0.29) is 17.3 Å². The van der Waals surface area contributed by atoms with E-state index in [1.165, 1.54) is 18.3 Å². The van der Waals surface area contributed by atoms with E-state index >= 15 is 0 Å². The van der Waals surface area contributed by atoms with Gasteiger partial charge in [0.25, 0.3) is 5.91 Å². The predicted octanol–water partition coefficient (Wildman–Crippen LogP) is 2.18. The number of aromatic carboxylic acids is 1. The van der Waals surface area contributed by atoms with Crippen molar-refractivity contribution in [1.29, 1.82) is 0 Å². The molecule has 0 aliphatic carbocycles. The number of nitrogens with zero attached hydrogens (tertiary/aromatic N) is 1. The second-order valence-corrected chi connectivity index (χ2v) is 4.28. The molecule has 0 aliphatic rings. The molecule has 1 aromatic carbocycles. The first kappa shape index (κ1) is 14.7. The van der Waals surface area contributed by atoms with E-state index in [0.717, 1.165) is 5.56 Å². The minimum Gasteiger partial charge on any atom is -0.478 e. The number of methoxy groups -OCH3 is 1. The SMILES string of the molecule is COCc1ccccc1C(=O)Nc1ccc(C(=O)O)cn1. The van der Waals surface area contributed by atoms with Gasteiger partial charge in [-0.3, -0.25) is 4.79 Å². The Morgan fingerprint density at radius 1 is 1.24 bits per heavy atom. The molecule has 0 saturated heterocycles. The van der Waals surface area contributed by atoms with Crippen LogP contribution in [-0.2, 0) is 11.3 Å². The van der Waals surface area contributed by atoms with Gasteiger partial charge in [0.1, 0.15) is 5.82 Å². The summed E-state index contributed by atoms with van der Waals surface area (Å²) in [4.78, 5) is 26.8. The second kappa shape index (κ2) is 6.62. The van der Waals surface area contributed by atoms with Crippen molar-refractivity contribution in [3.63, 3.8) is 0 Å². The van der Waals surface area contributed by atoms with Gasteiger partial charge in [0.05, 0.1) is 12.2 Å². The van der Waals surface area contributed by atoms with Crippen LogP contribution in [0.25, 0.3) is 0 Å². The first-order valence-corrected chi connectivity index (χ1v) is 6.19. The molecule has 0 atom stereocenters. The van der Waals surface area contributed by atoms with Crippen molar-refractivity contribution in [2.24, 2.45) is 0 Å². The molecular formula is C15H14N2O4. The Morgan fingerprint density at radius 2 is 2.00 bits per heavy atom. The largest absolute Gasteiger partial charge is 0.478 e. The van der Waals surface area contributed by atoms with Gasteiger partial charge in [-0.15, -0.1) is 0 Å². The molecule has 108 valence electrons. The van der Waals surface area contributed by atoms with Crippen LogP contribution < -0.4 is 5.32 Å². The molecule has 0 aliphatic heterocycles. The van der Waals surface area contributed by atoms with E-state index in [4.69, 9.17) is 9.84 Å². The maximum absolute atomic E-state index is 12.2. The zero-order valence-corrected chi connectivity index (χ0v) is 11.4. The number of aromatic nitrogens is 1. The summed E-state index contributed by atoms with van der Waals surface area (Å²) < 4.78 is 5.05. The number of anilines is 1.